The van der Waals surface area contributed by atoms with Gasteiger partial charge in [-0.2, -0.15) is 14.9 Å². The highest BCUT2D eigenvalue weighted by molar-refractivity contribution is 5.82. The topological polar surface area (TPSA) is 63.1 Å². The average molecular weight is 368 g/mol. The third-order valence-electron chi connectivity index (χ3n) is 5.19. The molecule has 0 saturated carbocycles. The largest absolute Gasteiger partial charge is 0.328 e. The van der Waals surface area contributed by atoms with E-state index in [1.54, 1.807) is 12.1 Å². The van der Waals surface area contributed by atoms with Crippen molar-refractivity contribution < 1.29 is 0 Å². The number of aromatic nitrogens is 3. The Morgan fingerprint density at radius 3 is 2.14 bits per heavy atom. The fraction of sp³-hybridized carbons (Fsp3) is 0.174. The van der Waals surface area contributed by atoms with Gasteiger partial charge in [-0.05, 0) is 44.0 Å². The van der Waals surface area contributed by atoms with Gasteiger partial charge in [0.15, 0.2) is 0 Å². The van der Waals surface area contributed by atoms with Crippen LogP contribution in [0.3, 0.4) is 0 Å². The normalized spacial score (nSPS) is 11.0. The summed E-state index contributed by atoms with van der Waals surface area (Å²) in [7, 11) is 1.95. The zero-order chi connectivity index (χ0) is 20.0. The van der Waals surface area contributed by atoms with Crippen LogP contribution in [-0.2, 0) is 7.05 Å². The van der Waals surface area contributed by atoms with Crippen LogP contribution >= 0.6 is 0 Å². The fourth-order valence-electron chi connectivity index (χ4n) is 3.76. The Morgan fingerprint density at radius 2 is 1.54 bits per heavy atom. The van der Waals surface area contributed by atoms with E-state index in [0.717, 1.165) is 33.7 Å². The van der Waals surface area contributed by atoms with Crippen molar-refractivity contribution in [1.82, 2.24) is 14.2 Å². The monoisotopic (exact) mass is 368 g/mol. The second-order valence-electron chi connectivity index (χ2n) is 7.09. The van der Waals surface area contributed by atoms with Gasteiger partial charge in [-0.1, -0.05) is 42.0 Å². The summed E-state index contributed by atoms with van der Waals surface area (Å²) in [5.41, 5.74) is 7.55. The summed E-state index contributed by atoms with van der Waals surface area (Å²) in [6.45, 7) is 5.80. The van der Waals surface area contributed by atoms with E-state index in [-0.39, 0.29) is 5.56 Å². The van der Waals surface area contributed by atoms with Crippen molar-refractivity contribution in [1.29, 1.82) is 5.26 Å². The van der Waals surface area contributed by atoms with Gasteiger partial charge in [-0.25, -0.2) is 0 Å². The third kappa shape index (κ3) is 2.62. The van der Waals surface area contributed by atoms with Crippen molar-refractivity contribution in [2.75, 3.05) is 0 Å². The van der Waals surface area contributed by atoms with Crippen molar-refractivity contribution in [2.24, 2.45) is 7.05 Å². The lowest BCUT2D eigenvalue weighted by molar-refractivity contribution is 0.811. The van der Waals surface area contributed by atoms with Crippen LogP contribution in [0.1, 0.15) is 22.4 Å². The van der Waals surface area contributed by atoms with Gasteiger partial charge in [-0.15, -0.1) is 0 Å². The molecule has 0 fully saturated rings. The summed E-state index contributed by atoms with van der Waals surface area (Å²) < 4.78 is 3.51. The second kappa shape index (κ2) is 6.50. The van der Waals surface area contributed by atoms with Crippen LogP contribution in [0.15, 0.2) is 53.3 Å². The standard InChI is InChI=1S/C23H20N4O/c1-14-5-9-18(10-6-14)20-16(3)25-27-22(20)26(4)21(15(2)23(27)28)19-11-7-17(13-24)8-12-19/h5-12H,1-4H3. The number of benzene rings is 2. The zero-order valence-electron chi connectivity index (χ0n) is 16.3. The Balaban J connectivity index is 2.08. The molecule has 5 heteroatoms. The highest BCUT2D eigenvalue weighted by Gasteiger charge is 2.20. The van der Waals surface area contributed by atoms with Gasteiger partial charge in [0.25, 0.3) is 5.56 Å². The second-order valence-corrected chi connectivity index (χ2v) is 7.09. The Morgan fingerprint density at radius 1 is 0.929 bits per heavy atom. The summed E-state index contributed by atoms with van der Waals surface area (Å²) in [5.74, 6) is 0. The van der Waals surface area contributed by atoms with E-state index in [9.17, 15) is 4.79 Å². The quantitative estimate of drug-likeness (QED) is 0.534. The van der Waals surface area contributed by atoms with Gasteiger partial charge in [0, 0.05) is 18.2 Å². The van der Waals surface area contributed by atoms with Gasteiger partial charge < -0.3 is 4.57 Å². The molecule has 0 atom stereocenters. The SMILES string of the molecule is Cc1ccc(-c2c(C)nn3c(=O)c(C)c(-c4ccc(C#N)cc4)n(C)c23)cc1. The fourth-order valence-corrected chi connectivity index (χ4v) is 3.76. The summed E-state index contributed by atoms with van der Waals surface area (Å²) in [5, 5.41) is 13.6. The number of hydrogen-bond acceptors (Lipinski definition) is 3. The third-order valence-corrected chi connectivity index (χ3v) is 5.19. The van der Waals surface area contributed by atoms with E-state index < -0.39 is 0 Å². The molecule has 0 spiro atoms. The molecule has 138 valence electrons. The highest BCUT2D eigenvalue weighted by Crippen LogP contribution is 2.31. The Hall–Kier alpha value is -3.65. The first-order valence-electron chi connectivity index (χ1n) is 9.09. The van der Waals surface area contributed by atoms with Gasteiger partial charge in [0.1, 0.15) is 5.65 Å². The Bertz CT molecular complexity index is 1300. The summed E-state index contributed by atoms with van der Waals surface area (Å²) >= 11 is 0. The lowest BCUT2D eigenvalue weighted by Gasteiger charge is -2.15. The Kier molecular flexibility index (Phi) is 4.12. The van der Waals surface area contributed by atoms with E-state index in [1.807, 2.05) is 37.6 Å². The molecule has 0 radical (unpaired) electrons. The number of nitrogens with zero attached hydrogens (tertiary/aromatic N) is 4. The maximum absolute atomic E-state index is 13.1. The minimum Gasteiger partial charge on any atom is -0.328 e. The van der Waals surface area contributed by atoms with Crippen molar-refractivity contribution in [3.05, 3.63) is 81.3 Å². The van der Waals surface area contributed by atoms with Crippen LogP contribution in [-0.4, -0.2) is 14.2 Å². The predicted molar refractivity (Wildman–Crippen MR) is 110 cm³/mol. The van der Waals surface area contributed by atoms with Gasteiger partial charge in [0.2, 0.25) is 0 Å². The first kappa shape index (κ1) is 17.7. The maximum Gasteiger partial charge on any atom is 0.277 e. The molecule has 2 aromatic carbocycles. The molecule has 4 rings (SSSR count). The molecule has 0 aliphatic rings. The number of fused-ring (bicyclic) bond motifs is 1. The molecule has 0 aliphatic carbocycles. The van der Waals surface area contributed by atoms with Gasteiger partial charge >= 0.3 is 0 Å². The zero-order valence-corrected chi connectivity index (χ0v) is 16.3. The van der Waals surface area contributed by atoms with Crippen LogP contribution in [0.4, 0.5) is 0 Å². The molecule has 0 amide bonds. The molecule has 0 N–H and O–H groups in total. The van der Waals surface area contributed by atoms with E-state index in [2.05, 4.69) is 42.4 Å². The highest BCUT2D eigenvalue weighted by atomic mass is 16.1. The predicted octanol–water partition coefficient (Wildman–Crippen LogP) is 4.16. The molecule has 4 aromatic rings. The molecule has 2 heterocycles. The number of hydrogen-bond donors (Lipinski definition) is 0. The lowest BCUT2D eigenvalue weighted by Crippen LogP contribution is -2.22. The molecular formula is C23H20N4O. The van der Waals surface area contributed by atoms with Crippen molar-refractivity contribution in [3.63, 3.8) is 0 Å². The molecule has 0 aliphatic heterocycles. The van der Waals surface area contributed by atoms with Crippen molar-refractivity contribution >= 4 is 5.65 Å². The molecule has 0 saturated heterocycles. The maximum atomic E-state index is 13.1. The summed E-state index contributed by atoms with van der Waals surface area (Å²) in [4.78, 5) is 13.1. The van der Waals surface area contributed by atoms with E-state index in [1.165, 1.54) is 10.1 Å². The molecule has 0 unspecified atom stereocenters. The molecular weight excluding hydrogens is 348 g/mol. The molecule has 5 nitrogen and oxygen atoms in total. The number of aryl methyl sites for hydroxylation is 3. The number of rotatable bonds is 2. The van der Waals surface area contributed by atoms with Gasteiger partial charge in [-0.3, -0.25) is 4.79 Å². The van der Waals surface area contributed by atoms with Crippen LogP contribution in [0.5, 0.6) is 0 Å². The minimum atomic E-state index is -0.131. The first-order chi connectivity index (χ1) is 13.4. The first-order valence-corrected chi connectivity index (χ1v) is 9.09. The van der Waals surface area contributed by atoms with Crippen LogP contribution in [0.2, 0.25) is 0 Å². The van der Waals surface area contributed by atoms with Crippen LogP contribution < -0.4 is 5.56 Å². The van der Waals surface area contributed by atoms with Crippen molar-refractivity contribution in [3.8, 4) is 28.5 Å². The van der Waals surface area contributed by atoms with Gasteiger partial charge in [0.05, 0.1) is 23.0 Å². The van der Waals surface area contributed by atoms with E-state index in [4.69, 9.17) is 5.26 Å². The van der Waals surface area contributed by atoms with E-state index in [0.29, 0.717) is 11.1 Å². The molecule has 28 heavy (non-hydrogen) atoms. The molecule has 0 bridgehead atoms. The number of nitriles is 1. The molecule has 2 aromatic heterocycles. The Labute approximate surface area is 163 Å². The van der Waals surface area contributed by atoms with Crippen molar-refractivity contribution in [2.45, 2.75) is 20.8 Å². The van der Waals surface area contributed by atoms with Crippen LogP contribution in [0.25, 0.3) is 28.0 Å². The summed E-state index contributed by atoms with van der Waals surface area (Å²) in [6, 6.07) is 17.7. The van der Waals surface area contributed by atoms with E-state index >= 15 is 0 Å². The lowest BCUT2D eigenvalue weighted by atomic mass is 10.0. The average Bonchev–Trinajstić information content (AvgIpc) is 3.05. The smallest absolute Gasteiger partial charge is 0.277 e. The summed E-state index contributed by atoms with van der Waals surface area (Å²) in [6.07, 6.45) is 0. The van der Waals surface area contributed by atoms with Crippen LogP contribution in [0, 0.1) is 32.1 Å². The minimum absolute atomic E-state index is 0.131.